The molecule has 0 heterocycles. The van der Waals surface area contributed by atoms with Crippen molar-refractivity contribution in [2.75, 3.05) is 0 Å². The second-order valence-electron chi connectivity index (χ2n) is 4.48. The Balaban J connectivity index is 2.89. The summed E-state index contributed by atoms with van der Waals surface area (Å²) in [5.74, 6) is 0. The van der Waals surface area contributed by atoms with Crippen molar-refractivity contribution in [1.82, 2.24) is 0 Å². The Bertz CT molecular complexity index is 129. The van der Waals surface area contributed by atoms with Gasteiger partial charge < -0.3 is 0 Å². The van der Waals surface area contributed by atoms with Crippen LogP contribution in [0.3, 0.4) is 0 Å². The van der Waals surface area contributed by atoms with Crippen LogP contribution in [0.15, 0.2) is 12.7 Å². The summed E-state index contributed by atoms with van der Waals surface area (Å²) in [7, 11) is 0. The van der Waals surface area contributed by atoms with E-state index in [9.17, 15) is 4.39 Å². The van der Waals surface area contributed by atoms with Gasteiger partial charge in [0.25, 0.3) is 0 Å². The van der Waals surface area contributed by atoms with Gasteiger partial charge in [0.2, 0.25) is 0 Å². The topological polar surface area (TPSA) is 0 Å². The van der Waals surface area contributed by atoms with E-state index in [1.807, 2.05) is 6.08 Å². The zero-order valence-corrected chi connectivity index (χ0v) is 10.3. The normalized spacial score (nSPS) is 12.7. The molecule has 0 amide bonds. The van der Waals surface area contributed by atoms with Gasteiger partial charge in [0.05, 0.1) is 6.17 Å². The molecule has 1 heteroatoms. The van der Waals surface area contributed by atoms with Crippen molar-refractivity contribution in [3.63, 3.8) is 0 Å². The van der Waals surface area contributed by atoms with Crippen molar-refractivity contribution in [3.8, 4) is 0 Å². The predicted octanol–water partition coefficient (Wildman–Crippen LogP) is 5.43. The largest absolute Gasteiger partial charge is 0.248 e. The van der Waals surface area contributed by atoms with Gasteiger partial charge in [-0.15, -0.1) is 6.58 Å². The molecule has 0 spiro atoms. The lowest BCUT2D eigenvalue weighted by molar-refractivity contribution is 0.329. The number of hydrogen-bond acceptors (Lipinski definition) is 0. The highest BCUT2D eigenvalue weighted by molar-refractivity contribution is 4.65. The number of halogens is 1. The Hall–Kier alpha value is -0.330. The fraction of sp³-hybridized carbons (Fsp3) is 0.857. The molecule has 0 fully saturated rings. The van der Waals surface area contributed by atoms with Gasteiger partial charge in [-0.25, -0.2) is 4.39 Å². The van der Waals surface area contributed by atoms with Crippen molar-refractivity contribution in [3.05, 3.63) is 12.7 Å². The summed E-state index contributed by atoms with van der Waals surface area (Å²) >= 11 is 0. The maximum Gasteiger partial charge on any atom is 0.0973 e. The van der Waals surface area contributed by atoms with Crippen molar-refractivity contribution >= 4 is 0 Å². The highest BCUT2D eigenvalue weighted by Crippen LogP contribution is 2.12. The number of allylic oxidation sites excluding steroid dienone is 1. The number of hydrogen-bond donors (Lipinski definition) is 0. The van der Waals surface area contributed by atoms with Crippen LogP contribution >= 0.6 is 0 Å². The van der Waals surface area contributed by atoms with Gasteiger partial charge in [-0.05, 0) is 26.2 Å². The minimum Gasteiger partial charge on any atom is -0.248 e. The van der Waals surface area contributed by atoms with Gasteiger partial charge in [0.15, 0.2) is 0 Å². The molecule has 0 aliphatic carbocycles. The van der Waals surface area contributed by atoms with Gasteiger partial charge in [-0.2, -0.15) is 0 Å². The monoisotopic (exact) mass is 214 g/mol. The van der Waals surface area contributed by atoms with Crippen LogP contribution in [0.5, 0.6) is 0 Å². The molecule has 0 aromatic heterocycles. The van der Waals surface area contributed by atoms with Gasteiger partial charge in [0.1, 0.15) is 0 Å². The molecule has 0 aliphatic heterocycles. The van der Waals surface area contributed by atoms with Gasteiger partial charge >= 0.3 is 0 Å². The number of alkyl halides is 1. The van der Waals surface area contributed by atoms with Crippen LogP contribution in [0.4, 0.5) is 4.39 Å². The molecule has 0 N–H and O–H groups in total. The molecule has 90 valence electrons. The van der Waals surface area contributed by atoms with E-state index in [1.165, 1.54) is 44.9 Å². The van der Waals surface area contributed by atoms with E-state index < -0.39 is 6.17 Å². The first-order valence-corrected chi connectivity index (χ1v) is 6.52. The summed E-state index contributed by atoms with van der Waals surface area (Å²) in [6.45, 7) is 5.36. The molecule has 15 heavy (non-hydrogen) atoms. The maximum atomic E-state index is 12.4. The second-order valence-corrected chi connectivity index (χ2v) is 4.48. The number of rotatable bonds is 11. The molecular formula is C14H27F. The van der Waals surface area contributed by atoms with Crippen LogP contribution in [0.2, 0.25) is 0 Å². The Labute approximate surface area is 95.0 Å². The minimum absolute atomic E-state index is 0.607. The molecule has 1 atom stereocenters. The van der Waals surface area contributed by atoms with Gasteiger partial charge in [-0.1, -0.05) is 51.0 Å². The van der Waals surface area contributed by atoms with Crippen LogP contribution < -0.4 is 0 Å². The van der Waals surface area contributed by atoms with E-state index in [2.05, 4.69) is 6.58 Å². The van der Waals surface area contributed by atoms with Crippen LogP contribution in [-0.4, -0.2) is 6.17 Å². The summed E-state index contributed by atoms with van der Waals surface area (Å²) in [6.07, 6.45) is 13.5. The zero-order chi connectivity index (χ0) is 11.4. The first-order valence-electron chi connectivity index (χ1n) is 6.52. The third-order valence-corrected chi connectivity index (χ3v) is 2.76. The van der Waals surface area contributed by atoms with E-state index >= 15 is 0 Å². The molecule has 0 rings (SSSR count). The molecule has 0 aromatic carbocycles. The molecular weight excluding hydrogens is 187 g/mol. The lowest BCUT2D eigenvalue weighted by Gasteiger charge is -2.02. The van der Waals surface area contributed by atoms with Crippen molar-refractivity contribution < 1.29 is 4.39 Å². The van der Waals surface area contributed by atoms with E-state index in [-0.39, 0.29) is 0 Å². The molecule has 0 saturated heterocycles. The Kier molecular flexibility index (Phi) is 11.5. The fourth-order valence-electron chi connectivity index (χ4n) is 1.77. The van der Waals surface area contributed by atoms with E-state index in [0.29, 0.717) is 0 Å². The van der Waals surface area contributed by atoms with Crippen LogP contribution in [0.25, 0.3) is 0 Å². The SMILES string of the molecule is C=CCCCCCCCCCCC(C)F. The molecule has 1 unspecified atom stereocenters. The van der Waals surface area contributed by atoms with E-state index in [1.54, 1.807) is 6.92 Å². The van der Waals surface area contributed by atoms with Crippen molar-refractivity contribution in [2.24, 2.45) is 0 Å². The number of unbranched alkanes of at least 4 members (excludes halogenated alkanes) is 8. The molecule has 0 nitrogen and oxygen atoms in total. The van der Waals surface area contributed by atoms with Crippen LogP contribution in [-0.2, 0) is 0 Å². The average molecular weight is 214 g/mol. The minimum atomic E-state index is -0.607. The Morgan fingerprint density at radius 3 is 1.87 bits per heavy atom. The third kappa shape index (κ3) is 13.7. The van der Waals surface area contributed by atoms with Crippen molar-refractivity contribution in [1.29, 1.82) is 0 Å². The fourth-order valence-corrected chi connectivity index (χ4v) is 1.77. The zero-order valence-electron chi connectivity index (χ0n) is 10.3. The molecule has 0 saturated carbocycles. The maximum absolute atomic E-state index is 12.4. The smallest absolute Gasteiger partial charge is 0.0973 e. The van der Waals surface area contributed by atoms with Crippen LogP contribution in [0.1, 0.15) is 71.1 Å². The summed E-state index contributed by atoms with van der Waals surface area (Å²) in [5, 5.41) is 0. The lowest BCUT2D eigenvalue weighted by Crippen LogP contribution is -1.91. The Morgan fingerprint density at radius 2 is 1.40 bits per heavy atom. The third-order valence-electron chi connectivity index (χ3n) is 2.76. The standard InChI is InChI=1S/C14H27F/c1-3-4-5-6-7-8-9-10-11-12-13-14(2)15/h3,14H,1,4-13H2,2H3. The molecule has 0 bridgehead atoms. The predicted molar refractivity (Wildman–Crippen MR) is 66.9 cm³/mol. The summed E-state index contributed by atoms with van der Waals surface area (Å²) in [5.41, 5.74) is 0. The van der Waals surface area contributed by atoms with Gasteiger partial charge in [0, 0.05) is 0 Å². The first-order chi connectivity index (χ1) is 7.27. The molecule has 0 aliphatic rings. The van der Waals surface area contributed by atoms with Crippen LogP contribution in [0, 0.1) is 0 Å². The highest BCUT2D eigenvalue weighted by Gasteiger charge is 1.97. The summed E-state index contributed by atoms with van der Waals surface area (Å²) < 4.78 is 12.4. The summed E-state index contributed by atoms with van der Waals surface area (Å²) in [4.78, 5) is 0. The van der Waals surface area contributed by atoms with E-state index in [0.717, 1.165) is 19.3 Å². The molecule has 0 aromatic rings. The summed E-state index contributed by atoms with van der Waals surface area (Å²) in [6, 6.07) is 0. The van der Waals surface area contributed by atoms with Gasteiger partial charge in [-0.3, -0.25) is 0 Å². The quantitative estimate of drug-likeness (QED) is 0.318. The first kappa shape index (κ1) is 14.7. The molecule has 0 radical (unpaired) electrons. The lowest BCUT2D eigenvalue weighted by atomic mass is 10.1. The second kappa shape index (κ2) is 11.7. The average Bonchev–Trinajstić information content (AvgIpc) is 2.20. The van der Waals surface area contributed by atoms with Crippen molar-refractivity contribution in [2.45, 2.75) is 77.3 Å². The Morgan fingerprint density at radius 1 is 0.933 bits per heavy atom. The highest BCUT2D eigenvalue weighted by atomic mass is 19.1. The van der Waals surface area contributed by atoms with E-state index in [4.69, 9.17) is 0 Å².